The van der Waals surface area contributed by atoms with Crippen LogP contribution >= 0.6 is 23.4 Å². The minimum absolute atomic E-state index is 0.0391. The molecular weight excluding hydrogens is 410 g/mol. The van der Waals surface area contributed by atoms with Crippen molar-refractivity contribution in [2.45, 2.75) is 11.8 Å². The predicted octanol–water partition coefficient (Wildman–Crippen LogP) is 3.48. The van der Waals surface area contributed by atoms with Crippen LogP contribution in [0, 0.1) is 0 Å². The molecule has 1 atom stereocenters. The monoisotopic (exact) mass is 431 g/mol. The molecule has 1 fully saturated rings. The fourth-order valence-corrected chi connectivity index (χ4v) is 4.69. The summed E-state index contributed by atoms with van der Waals surface area (Å²) in [5.41, 5.74) is 3.09. The smallest absolute Gasteiger partial charge is 0.254 e. The van der Waals surface area contributed by atoms with Gasteiger partial charge < -0.3 is 20.3 Å². The van der Waals surface area contributed by atoms with Crippen molar-refractivity contribution >= 4 is 46.6 Å². The number of ether oxygens (including phenoxy) is 1. The fourth-order valence-electron chi connectivity index (χ4n) is 3.35. The molecular formula is C21H22ClN3O3S. The lowest BCUT2D eigenvalue weighted by Gasteiger charge is -2.29. The number of carbonyl (C=O) groups excluding carboxylic acids is 2. The molecule has 29 heavy (non-hydrogen) atoms. The van der Waals surface area contributed by atoms with Crippen LogP contribution in [-0.2, 0) is 15.3 Å². The summed E-state index contributed by atoms with van der Waals surface area (Å²) in [5.74, 6) is 1.22. The zero-order chi connectivity index (χ0) is 20.2. The highest BCUT2D eigenvalue weighted by atomic mass is 35.5. The van der Waals surface area contributed by atoms with Crippen LogP contribution < -0.4 is 10.6 Å². The fraction of sp³-hybridized carbons (Fsp3) is 0.333. The van der Waals surface area contributed by atoms with Gasteiger partial charge in [-0.3, -0.25) is 9.59 Å². The van der Waals surface area contributed by atoms with Gasteiger partial charge >= 0.3 is 0 Å². The molecule has 0 bridgehead atoms. The molecule has 6 nitrogen and oxygen atoms in total. The summed E-state index contributed by atoms with van der Waals surface area (Å²) in [7, 11) is 0. The number of carbonyl (C=O) groups is 2. The second-order valence-corrected chi connectivity index (χ2v) is 8.40. The molecule has 2 aromatic carbocycles. The summed E-state index contributed by atoms with van der Waals surface area (Å²) in [6.07, 6.45) is 0. The molecule has 0 saturated carbocycles. The average Bonchev–Trinajstić information content (AvgIpc) is 2.75. The lowest BCUT2D eigenvalue weighted by atomic mass is 10.1. The van der Waals surface area contributed by atoms with Crippen molar-refractivity contribution in [3.05, 3.63) is 58.6 Å². The third kappa shape index (κ3) is 4.69. The van der Waals surface area contributed by atoms with Crippen LogP contribution in [0.5, 0.6) is 0 Å². The number of amides is 2. The number of hydrogen-bond donors (Lipinski definition) is 2. The number of benzene rings is 2. The lowest BCUT2D eigenvalue weighted by Crippen LogP contribution is -2.42. The van der Waals surface area contributed by atoms with Gasteiger partial charge in [-0.25, -0.2) is 0 Å². The van der Waals surface area contributed by atoms with E-state index in [1.54, 1.807) is 28.8 Å². The number of fused-ring (bicyclic) bond motifs is 1. The SMILES string of the molecule is O=C1Nc2cc(C(=O)N3CCOCC3)ccc2NC1CSCc1ccccc1Cl. The molecule has 4 rings (SSSR count). The molecule has 152 valence electrons. The van der Waals surface area contributed by atoms with E-state index in [1.807, 2.05) is 30.3 Å². The molecule has 8 heteroatoms. The summed E-state index contributed by atoms with van der Waals surface area (Å²) < 4.78 is 5.30. The number of rotatable bonds is 5. The van der Waals surface area contributed by atoms with E-state index < -0.39 is 0 Å². The maximum Gasteiger partial charge on any atom is 0.254 e. The van der Waals surface area contributed by atoms with Crippen molar-refractivity contribution in [3.8, 4) is 0 Å². The van der Waals surface area contributed by atoms with Crippen LogP contribution in [-0.4, -0.2) is 54.8 Å². The van der Waals surface area contributed by atoms with Gasteiger partial charge in [0.25, 0.3) is 5.91 Å². The summed E-state index contributed by atoms with van der Waals surface area (Å²) in [5, 5.41) is 6.95. The summed E-state index contributed by atoms with van der Waals surface area (Å²) in [4.78, 5) is 27.0. The number of morpholine rings is 1. The quantitative estimate of drug-likeness (QED) is 0.758. The van der Waals surface area contributed by atoms with Gasteiger partial charge in [0, 0.05) is 35.2 Å². The Kier molecular flexibility index (Phi) is 6.28. The Labute approximate surface area is 178 Å². The number of nitrogens with zero attached hydrogens (tertiary/aromatic N) is 1. The minimum Gasteiger partial charge on any atom is -0.378 e. The first-order chi connectivity index (χ1) is 14.1. The zero-order valence-corrected chi connectivity index (χ0v) is 17.4. The predicted molar refractivity (Wildman–Crippen MR) is 117 cm³/mol. The van der Waals surface area contributed by atoms with Crippen molar-refractivity contribution in [3.63, 3.8) is 0 Å². The lowest BCUT2D eigenvalue weighted by molar-refractivity contribution is -0.116. The Morgan fingerprint density at radius 3 is 2.76 bits per heavy atom. The van der Waals surface area contributed by atoms with Crippen LogP contribution in [0.2, 0.25) is 5.02 Å². The largest absolute Gasteiger partial charge is 0.378 e. The van der Waals surface area contributed by atoms with Crippen molar-refractivity contribution in [2.24, 2.45) is 0 Å². The summed E-state index contributed by atoms with van der Waals surface area (Å²) >= 11 is 7.84. The molecule has 2 aliphatic heterocycles. The number of nitrogens with one attached hydrogen (secondary N) is 2. The first-order valence-corrected chi connectivity index (χ1v) is 11.0. The normalized spacial score (nSPS) is 18.6. The summed E-state index contributed by atoms with van der Waals surface area (Å²) in [6, 6.07) is 12.8. The molecule has 2 N–H and O–H groups in total. The molecule has 2 amide bonds. The number of hydrogen-bond acceptors (Lipinski definition) is 5. The molecule has 0 radical (unpaired) electrons. The first kappa shape index (κ1) is 20.1. The van der Waals surface area contributed by atoms with Gasteiger partial charge in [0.2, 0.25) is 5.91 Å². The van der Waals surface area contributed by atoms with E-state index in [1.165, 1.54) is 0 Å². The Morgan fingerprint density at radius 2 is 1.97 bits per heavy atom. The van der Waals surface area contributed by atoms with E-state index in [4.69, 9.17) is 16.3 Å². The van der Waals surface area contributed by atoms with Crippen LogP contribution in [0.1, 0.15) is 15.9 Å². The van der Waals surface area contributed by atoms with Gasteiger partial charge in [-0.15, -0.1) is 0 Å². The van der Waals surface area contributed by atoms with Gasteiger partial charge in [-0.1, -0.05) is 29.8 Å². The van der Waals surface area contributed by atoms with Crippen molar-refractivity contribution in [2.75, 3.05) is 42.7 Å². The highest BCUT2D eigenvalue weighted by molar-refractivity contribution is 7.98. The Morgan fingerprint density at radius 1 is 1.17 bits per heavy atom. The maximum absolute atomic E-state index is 12.7. The Balaban J connectivity index is 1.38. The molecule has 2 aliphatic rings. The van der Waals surface area contributed by atoms with Gasteiger partial charge in [0.15, 0.2) is 0 Å². The molecule has 2 aromatic rings. The van der Waals surface area contributed by atoms with Gasteiger partial charge in [0.1, 0.15) is 6.04 Å². The zero-order valence-electron chi connectivity index (χ0n) is 15.8. The molecule has 0 spiro atoms. The highest BCUT2D eigenvalue weighted by Gasteiger charge is 2.27. The molecule has 1 unspecified atom stereocenters. The second kappa shape index (κ2) is 9.07. The van der Waals surface area contributed by atoms with Gasteiger partial charge in [-0.2, -0.15) is 11.8 Å². The van der Waals surface area contributed by atoms with E-state index in [2.05, 4.69) is 10.6 Å². The van der Waals surface area contributed by atoms with Crippen LogP contribution in [0.15, 0.2) is 42.5 Å². The first-order valence-electron chi connectivity index (χ1n) is 9.51. The molecule has 1 saturated heterocycles. The summed E-state index contributed by atoms with van der Waals surface area (Å²) in [6.45, 7) is 2.29. The van der Waals surface area contributed by atoms with E-state index >= 15 is 0 Å². The second-order valence-electron chi connectivity index (χ2n) is 6.96. The van der Waals surface area contributed by atoms with Crippen LogP contribution in [0.4, 0.5) is 11.4 Å². The maximum atomic E-state index is 12.7. The Hall–Kier alpha value is -2.22. The van der Waals surface area contributed by atoms with Crippen molar-refractivity contribution < 1.29 is 14.3 Å². The topological polar surface area (TPSA) is 70.7 Å². The standard InChI is InChI=1S/C21H22ClN3O3S/c22-16-4-2-1-3-15(16)12-29-13-19-20(26)24-18-11-14(5-6-17(18)23-19)21(27)25-7-9-28-10-8-25/h1-6,11,19,23H,7-10,12-13H2,(H,24,26). The van der Waals surface area contributed by atoms with E-state index in [9.17, 15) is 9.59 Å². The van der Waals surface area contributed by atoms with E-state index in [0.29, 0.717) is 43.3 Å². The third-order valence-corrected chi connectivity index (χ3v) is 6.42. The van der Waals surface area contributed by atoms with E-state index in [0.717, 1.165) is 22.0 Å². The third-order valence-electron chi connectivity index (χ3n) is 4.97. The van der Waals surface area contributed by atoms with Gasteiger partial charge in [0.05, 0.1) is 24.6 Å². The van der Waals surface area contributed by atoms with E-state index in [-0.39, 0.29) is 17.9 Å². The molecule has 2 heterocycles. The average molecular weight is 432 g/mol. The number of halogens is 1. The number of anilines is 2. The minimum atomic E-state index is -0.337. The molecule has 0 aromatic heterocycles. The highest BCUT2D eigenvalue weighted by Crippen LogP contribution is 2.30. The van der Waals surface area contributed by atoms with Crippen LogP contribution in [0.3, 0.4) is 0 Å². The van der Waals surface area contributed by atoms with Crippen molar-refractivity contribution in [1.82, 2.24) is 4.90 Å². The Bertz CT molecular complexity index is 918. The number of thioether (sulfide) groups is 1. The molecule has 0 aliphatic carbocycles. The van der Waals surface area contributed by atoms with Crippen molar-refractivity contribution in [1.29, 1.82) is 0 Å². The van der Waals surface area contributed by atoms with Gasteiger partial charge in [-0.05, 0) is 29.8 Å². The van der Waals surface area contributed by atoms with Crippen LogP contribution in [0.25, 0.3) is 0 Å².